The van der Waals surface area contributed by atoms with Gasteiger partial charge in [-0.05, 0) is 55.5 Å². The largest absolute Gasteiger partial charge is 0.379 e. The van der Waals surface area contributed by atoms with Crippen LogP contribution in [0, 0.1) is 0 Å². The standard InChI is InChI=1S/C29H38N4O4S3/c1-3-33(23-8-5-4-6-9-23)40(35,36)24-14-12-22(13-15-24)28(34)32(17-16-31-18-20-37-21-19-31)29-30-27-25(38-2)10-7-11-26(27)39-29/h7,10-15,23H,3-6,8-9,16-21H2,1-2H3. The summed E-state index contributed by atoms with van der Waals surface area (Å²) in [6.45, 7) is 6.59. The van der Waals surface area contributed by atoms with Crippen LogP contribution in [0.4, 0.5) is 5.13 Å². The Morgan fingerprint density at radius 1 is 1.10 bits per heavy atom. The smallest absolute Gasteiger partial charge is 0.260 e. The molecule has 3 aromatic rings. The number of benzene rings is 2. The number of para-hydroxylation sites is 1. The van der Waals surface area contributed by atoms with Crippen LogP contribution in [0.3, 0.4) is 0 Å². The van der Waals surface area contributed by atoms with Crippen LogP contribution in [0.15, 0.2) is 52.3 Å². The number of rotatable bonds is 10. The molecule has 1 amide bonds. The maximum Gasteiger partial charge on any atom is 0.260 e. The SMILES string of the molecule is CCN(C1CCCCC1)S(=O)(=O)c1ccc(C(=O)N(CCN2CCOCC2)c2nc3c(SC)cccc3s2)cc1. The molecule has 2 aromatic carbocycles. The van der Waals surface area contributed by atoms with Crippen molar-refractivity contribution in [3.63, 3.8) is 0 Å². The number of thioether (sulfide) groups is 1. The molecule has 1 saturated heterocycles. The van der Waals surface area contributed by atoms with E-state index in [2.05, 4.69) is 4.90 Å². The Labute approximate surface area is 245 Å². The van der Waals surface area contributed by atoms with E-state index in [0.29, 0.717) is 43.5 Å². The number of hydrogen-bond donors (Lipinski definition) is 0. The fraction of sp³-hybridized carbons (Fsp3) is 0.517. The van der Waals surface area contributed by atoms with Gasteiger partial charge < -0.3 is 4.74 Å². The van der Waals surface area contributed by atoms with Crippen molar-refractivity contribution in [2.24, 2.45) is 0 Å². The molecule has 1 aromatic heterocycles. The molecule has 0 unspecified atom stereocenters. The molecule has 11 heteroatoms. The number of carbonyl (C=O) groups excluding carboxylic acids is 1. The summed E-state index contributed by atoms with van der Waals surface area (Å²) >= 11 is 3.15. The van der Waals surface area contributed by atoms with Crippen LogP contribution in [-0.2, 0) is 14.8 Å². The molecule has 0 spiro atoms. The maximum absolute atomic E-state index is 13.9. The van der Waals surface area contributed by atoms with Gasteiger partial charge in [0.2, 0.25) is 10.0 Å². The maximum atomic E-state index is 13.9. The highest BCUT2D eigenvalue weighted by Crippen LogP contribution is 2.35. The molecule has 40 heavy (non-hydrogen) atoms. The number of aromatic nitrogens is 1. The first kappa shape index (κ1) is 29.5. The number of hydrogen-bond acceptors (Lipinski definition) is 8. The number of morpholine rings is 1. The lowest BCUT2D eigenvalue weighted by Crippen LogP contribution is -2.43. The lowest BCUT2D eigenvalue weighted by Gasteiger charge is -2.32. The van der Waals surface area contributed by atoms with Gasteiger partial charge in [0.1, 0.15) is 0 Å². The van der Waals surface area contributed by atoms with E-state index >= 15 is 0 Å². The van der Waals surface area contributed by atoms with E-state index in [1.807, 2.05) is 31.4 Å². The molecule has 216 valence electrons. The third kappa shape index (κ3) is 6.39. The number of carbonyl (C=O) groups is 1. The van der Waals surface area contributed by atoms with E-state index in [0.717, 1.165) is 53.9 Å². The van der Waals surface area contributed by atoms with Crippen LogP contribution < -0.4 is 4.90 Å². The van der Waals surface area contributed by atoms with Crippen molar-refractivity contribution >= 4 is 54.4 Å². The van der Waals surface area contributed by atoms with Crippen molar-refractivity contribution in [2.75, 3.05) is 57.1 Å². The Kier molecular flexibility index (Phi) is 9.80. The molecule has 1 saturated carbocycles. The first-order valence-corrected chi connectivity index (χ1v) is 17.6. The zero-order chi connectivity index (χ0) is 28.1. The average molecular weight is 603 g/mol. The normalized spacial score (nSPS) is 17.5. The molecular weight excluding hydrogens is 565 g/mol. The summed E-state index contributed by atoms with van der Waals surface area (Å²) in [5.74, 6) is -0.179. The minimum atomic E-state index is -3.64. The summed E-state index contributed by atoms with van der Waals surface area (Å²) in [4.78, 5) is 24.2. The summed E-state index contributed by atoms with van der Waals surface area (Å²) in [6, 6.07) is 12.6. The monoisotopic (exact) mass is 602 g/mol. The van der Waals surface area contributed by atoms with Crippen molar-refractivity contribution in [3.05, 3.63) is 48.0 Å². The Hall–Kier alpha value is -2.02. The topological polar surface area (TPSA) is 83.1 Å². The number of anilines is 1. The minimum Gasteiger partial charge on any atom is -0.379 e. The fourth-order valence-corrected chi connectivity index (χ4v) is 8.94. The van der Waals surface area contributed by atoms with Crippen LogP contribution in [0.1, 0.15) is 49.4 Å². The third-order valence-corrected chi connectivity index (χ3v) is 11.7. The van der Waals surface area contributed by atoms with Gasteiger partial charge in [0.05, 0.1) is 28.3 Å². The average Bonchev–Trinajstić information content (AvgIpc) is 3.43. The summed E-state index contributed by atoms with van der Waals surface area (Å²) in [5, 5.41) is 0.654. The third-order valence-electron chi connectivity index (χ3n) is 7.81. The number of thiazole rings is 1. The molecule has 2 fully saturated rings. The van der Waals surface area contributed by atoms with Gasteiger partial charge in [-0.3, -0.25) is 14.6 Å². The zero-order valence-corrected chi connectivity index (χ0v) is 25.7. The van der Waals surface area contributed by atoms with Crippen LogP contribution in [0.2, 0.25) is 0 Å². The van der Waals surface area contributed by atoms with E-state index in [-0.39, 0.29) is 16.8 Å². The second kappa shape index (κ2) is 13.3. The molecule has 1 aliphatic heterocycles. The molecule has 0 N–H and O–H groups in total. The highest BCUT2D eigenvalue weighted by molar-refractivity contribution is 7.98. The summed E-state index contributed by atoms with van der Waals surface area (Å²) in [6.07, 6.45) is 7.13. The van der Waals surface area contributed by atoms with Gasteiger partial charge >= 0.3 is 0 Å². The predicted octanol–water partition coefficient (Wildman–Crippen LogP) is 5.34. The van der Waals surface area contributed by atoms with Gasteiger partial charge in [0.15, 0.2) is 5.13 Å². The van der Waals surface area contributed by atoms with Crippen molar-refractivity contribution in [1.82, 2.24) is 14.2 Å². The predicted molar refractivity (Wildman–Crippen MR) is 163 cm³/mol. The summed E-state index contributed by atoms with van der Waals surface area (Å²) in [5.41, 5.74) is 1.36. The second-order valence-electron chi connectivity index (χ2n) is 10.2. The number of fused-ring (bicyclic) bond motifs is 1. The molecule has 8 nitrogen and oxygen atoms in total. The molecule has 1 aliphatic carbocycles. The molecule has 2 aliphatic rings. The van der Waals surface area contributed by atoms with E-state index in [9.17, 15) is 13.2 Å². The molecule has 2 heterocycles. The number of ether oxygens (including phenoxy) is 1. The van der Waals surface area contributed by atoms with Crippen molar-refractivity contribution < 1.29 is 17.9 Å². The van der Waals surface area contributed by atoms with Gasteiger partial charge in [-0.15, -0.1) is 11.8 Å². The van der Waals surface area contributed by atoms with Crippen LogP contribution >= 0.6 is 23.1 Å². The summed E-state index contributed by atoms with van der Waals surface area (Å²) < 4.78 is 35.2. The van der Waals surface area contributed by atoms with E-state index in [1.165, 1.54) is 17.8 Å². The van der Waals surface area contributed by atoms with Gasteiger partial charge in [0.25, 0.3) is 5.91 Å². The number of nitrogens with zero attached hydrogens (tertiary/aromatic N) is 4. The first-order valence-electron chi connectivity index (χ1n) is 14.1. The van der Waals surface area contributed by atoms with Crippen molar-refractivity contribution in [3.8, 4) is 0 Å². The lowest BCUT2D eigenvalue weighted by molar-refractivity contribution is 0.0391. The Bertz CT molecular complexity index is 1400. The van der Waals surface area contributed by atoms with Gasteiger partial charge in [-0.1, -0.05) is 43.6 Å². The first-order chi connectivity index (χ1) is 19.4. The van der Waals surface area contributed by atoms with Crippen molar-refractivity contribution in [1.29, 1.82) is 0 Å². The molecule has 0 radical (unpaired) electrons. The highest BCUT2D eigenvalue weighted by atomic mass is 32.2. The van der Waals surface area contributed by atoms with E-state index < -0.39 is 10.0 Å². The quantitative estimate of drug-likeness (QED) is 0.290. The van der Waals surface area contributed by atoms with E-state index in [4.69, 9.17) is 9.72 Å². The van der Waals surface area contributed by atoms with Gasteiger partial charge in [-0.25, -0.2) is 13.4 Å². The summed E-state index contributed by atoms with van der Waals surface area (Å²) in [7, 11) is -3.64. The highest BCUT2D eigenvalue weighted by Gasteiger charge is 2.31. The molecular formula is C29H38N4O4S3. The zero-order valence-electron chi connectivity index (χ0n) is 23.3. The molecule has 0 atom stereocenters. The number of amides is 1. The fourth-order valence-electron chi connectivity index (χ4n) is 5.60. The number of sulfonamides is 1. The molecule has 0 bridgehead atoms. The Morgan fingerprint density at radius 2 is 1.82 bits per heavy atom. The second-order valence-corrected chi connectivity index (χ2v) is 14.0. The van der Waals surface area contributed by atoms with Crippen LogP contribution in [-0.4, -0.2) is 86.7 Å². The molecule has 5 rings (SSSR count). The van der Waals surface area contributed by atoms with E-state index in [1.54, 1.807) is 45.2 Å². The van der Waals surface area contributed by atoms with Crippen molar-refractivity contribution in [2.45, 2.75) is 54.9 Å². The van der Waals surface area contributed by atoms with Gasteiger partial charge in [0, 0.05) is 49.2 Å². The van der Waals surface area contributed by atoms with Gasteiger partial charge in [-0.2, -0.15) is 4.31 Å². The van der Waals surface area contributed by atoms with Crippen LogP contribution in [0.25, 0.3) is 10.2 Å². The van der Waals surface area contributed by atoms with Crippen LogP contribution in [0.5, 0.6) is 0 Å². The Balaban J connectivity index is 1.41. The Morgan fingerprint density at radius 3 is 2.50 bits per heavy atom. The lowest BCUT2D eigenvalue weighted by atomic mass is 9.95. The minimum absolute atomic E-state index is 0.0472.